The summed E-state index contributed by atoms with van der Waals surface area (Å²) in [5.41, 5.74) is 0.269. The smallest absolute Gasteiger partial charge is 0.271 e. The standard InChI is InChI=1S/C16H23N3O4/c1-12-5-8-18(9-6-12)10-7-16(20)17-14-11-13(19(21)22)3-4-15(14)23-2/h3-4,11-12H,5-10H2,1-2H3,(H,17,20)/p+1. The lowest BCUT2D eigenvalue weighted by Gasteiger charge is -2.27. The lowest BCUT2D eigenvalue weighted by molar-refractivity contribution is -0.905. The van der Waals surface area contributed by atoms with E-state index in [1.165, 1.54) is 43.1 Å². The van der Waals surface area contributed by atoms with Crippen LogP contribution in [-0.2, 0) is 4.79 Å². The largest absolute Gasteiger partial charge is 0.495 e. The number of quaternary nitrogens is 1. The summed E-state index contributed by atoms with van der Waals surface area (Å²) in [6.45, 7) is 5.26. The third kappa shape index (κ3) is 4.92. The molecule has 126 valence electrons. The number of amides is 1. The zero-order valence-corrected chi connectivity index (χ0v) is 13.6. The number of carbonyl (C=O) groups excluding carboxylic acids is 1. The van der Waals surface area contributed by atoms with E-state index in [-0.39, 0.29) is 11.6 Å². The molecule has 2 rings (SSSR count). The summed E-state index contributed by atoms with van der Waals surface area (Å²) in [6, 6.07) is 4.17. The highest BCUT2D eigenvalue weighted by molar-refractivity contribution is 5.92. The van der Waals surface area contributed by atoms with Gasteiger partial charge in [0.15, 0.2) is 0 Å². The molecule has 1 fully saturated rings. The van der Waals surface area contributed by atoms with E-state index >= 15 is 0 Å². The molecule has 7 nitrogen and oxygen atoms in total. The minimum absolute atomic E-state index is 0.0725. The van der Waals surface area contributed by atoms with Crippen LogP contribution in [-0.4, -0.2) is 37.6 Å². The molecule has 1 heterocycles. The molecule has 1 aliphatic heterocycles. The highest BCUT2D eigenvalue weighted by atomic mass is 16.6. The van der Waals surface area contributed by atoms with E-state index in [1.54, 1.807) is 0 Å². The van der Waals surface area contributed by atoms with Gasteiger partial charge in [-0.25, -0.2) is 0 Å². The molecule has 2 N–H and O–H groups in total. The second-order valence-corrected chi connectivity index (χ2v) is 6.12. The van der Waals surface area contributed by atoms with Crippen LogP contribution in [0.5, 0.6) is 5.75 Å². The Kier molecular flexibility index (Phi) is 5.92. The molecule has 0 aliphatic carbocycles. The minimum Gasteiger partial charge on any atom is -0.495 e. The van der Waals surface area contributed by atoms with Crippen LogP contribution in [0.4, 0.5) is 11.4 Å². The summed E-state index contributed by atoms with van der Waals surface area (Å²) in [5.74, 6) is 1.06. The van der Waals surface area contributed by atoms with Crippen LogP contribution >= 0.6 is 0 Å². The zero-order chi connectivity index (χ0) is 16.8. The summed E-state index contributed by atoms with van der Waals surface area (Å²) >= 11 is 0. The Balaban J connectivity index is 1.91. The van der Waals surface area contributed by atoms with Gasteiger partial charge in [-0.05, 0) is 24.8 Å². The fraction of sp³-hybridized carbons (Fsp3) is 0.562. The van der Waals surface area contributed by atoms with E-state index in [0.29, 0.717) is 17.9 Å². The first-order valence-corrected chi connectivity index (χ1v) is 7.95. The number of rotatable bonds is 6. The predicted molar refractivity (Wildman–Crippen MR) is 86.9 cm³/mol. The molecule has 1 aromatic rings. The second kappa shape index (κ2) is 7.92. The highest BCUT2D eigenvalue weighted by Gasteiger charge is 2.20. The lowest BCUT2D eigenvalue weighted by atomic mass is 9.99. The van der Waals surface area contributed by atoms with Crippen molar-refractivity contribution < 1.29 is 19.4 Å². The molecule has 23 heavy (non-hydrogen) atoms. The third-order valence-electron chi connectivity index (χ3n) is 4.35. The van der Waals surface area contributed by atoms with E-state index in [1.807, 2.05) is 0 Å². The quantitative estimate of drug-likeness (QED) is 0.609. The Hall–Kier alpha value is -2.15. The van der Waals surface area contributed by atoms with Gasteiger partial charge in [0.25, 0.3) is 5.69 Å². The molecule has 7 heteroatoms. The van der Waals surface area contributed by atoms with Gasteiger partial charge in [-0.3, -0.25) is 14.9 Å². The monoisotopic (exact) mass is 322 g/mol. The van der Waals surface area contributed by atoms with Crippen LogP contribution in [0.1, 0.15) is 26.2 Å². The average molecular weight is 322 g/mol. The molecule has 0 spiro atoms. The SMILES string of the molecule is COc1ccc([N+](=O)[O-])cc1NC(=O)CC[NH+]1CCC(C)CC1. The molecule has 0 saturated carbocycles. The number of methoxy groups -OCH3 is 1. The van der Waals surface area contributed by atoms with Crippen molar-refractivity contribution in [2.75, 3.05) is 32.1 Å². The van der Waals surface area contributed by atoms with E-state index in [0.717, 1.165) is 25.6 Å². The minimum atomic E-state index is -0.492. The number of carbonyl (C=O) groups is 1. The number of hydrogen-bond donors (Lipinski definition) is 2. The van der Waals surface area contributed by atoms with Gasteiger partial charge in [0.05, 0.1) is 43.8 Å². The van der Waals surface area contributed by atoms with Crippen molar-refractivity contribution in [2.24, 2.45) is 5.92 Å². The number of nitrogens with zero attached hydrogens (tertiary/aromatic N) is 1. The number of nitrogens with one attached hydrogen (secondary N) is 2. The normalized spacial score (nSPS) is 20.8. The Bertz CT molecular complexity index is 568. The number of anilines is 1. The number of piperidine rings is 1. The molecule has 0 atom stereocenters. The van der Waals surface area contributed by atoms with Crippen LogP contribution in [0.25, 0.3) is 0 Å². The molecule has 1 saturated heterocycles. The summed E-state index contributed by atoms with van der Waals surface area (Å²) in [5, 5.41) is 13.6. The van der Waals surface area contributed by atoms with E-state index in [9.17, 15) is 14.9 Å². The van der Waals surface area contributed by atoms with Crippen molar-refractivity contribution in [3.05, 3.63) is 28.3 Å². The highest BCUT2D eigenvalue weighted by Crippen LogP contribution is 2.28. The molecule has 0 unspecified atom stereocenters. The van der Waals surface area contributed by atoms with Gasteiger partial charge >= 0.3 is 0 Å². The first-order valence-electron chi connectivity index (χ1n) is 7.95. The van der Waals surface area contributed by atoms with Crippen molar-refractivity contribution >= 4 is 17.3 Å². The van der Waals surface area contributed by atoms with Gasteiger partial charge in [0, 0.05) is 12.1 Å². The molecule has 0 bridgehead atoms. The molecular weight excluding hydrogens is 298 g/mol. The van der Waals surface area contributed by atoms with Crippen molar-refractivity contribution in [1.29, 1.82) is 0 Å². The summed E-state index contributed by atoms with van der Waals surface area (Å²) in [7, 11) is 1.47. The van der Waals surface area contributed by atoms with Gasteiger partial charge < -0.3 is 15.0 Å². The molecule has 0 radical (unpaired) electrons. The van der Waals surface area contributed by atoms with Gasteiger partial charge in [-0.15, -0.1) is 0 Å². The number of nitro groups is 1. The molecule has 1 aromatic carbocycles. The fourth-order valence-electron chi connectivity index (χ4n) is 2.83. The Morgan fingerprint density at radius 3 is 2.74 bits per heavy atom. The maximum Gasteiger partial charge on any atom is 0.271 e. The molecule has 0 aromatic heterocycles. The first-order chi connectivity index (χ1) is 11.0. The van der Waals surface area contributed by atoms with Crippen molar-refractivity contribution in [3.8, 4) is 5.75 Å². The van der Waals surface area contributed by atoms with Gasteiger partial charge in [-0.1, -0.05) is 6.92 Å². The number of nitro benzene ring substituents is 1. The van der Waals surface area contributed by atoms with Gasteiger partial charge in [0.1, 0.15) is 5.75 Å². The number of hydrogen-bond acceptors (Lipinski definition) is 4. The van der Waals surface area contributed by atoms with Crippen LogP contribution in [0, 0.1) is 16.0 Å². The Morgan fingerprint density at radius 1 is 1.43 bits per heavy atom. The fourth-order valence-corrected chi connectivity index (χ4v) is 2.83. The molecule has 1 aliphatic rings. The number of non-ortho nitro benzene ring substituents is 1. The lowest BCUT2D eigenvalue weighted by Crippen LogP contribution is -3.13. The molecule has 1 amide bonds. The zero-order valence-electron chi connectivity index (χ0n) is 13.6. The van der Waals surface area contributed by atoms with Crippen LogP contribution < -0.4 is 15.0 Å². The third-order valence-corrected chi connectivity index (χ3v) is 4.35. The van der Waals surface area contributed by atoms with E-state index < -0.39 is 4.92 Å². The van der Waals surface area contributed by atoms with Crippen LogP contribution in [0.3, 0.4) is 0 Å². The maximum atomic E-state index is 12.1. The van der Waals surface area contributed by atoms with Crippen molar-refractivity contribution in [2.45, 2.75) is 26.2 Å². The number of ether oxygens (including phenoxy) is 1. The molecular formula is C16H24N3O4+. The average Bonchev–Trinajstić information content (AvgIpc) is 2.54. The van der Waals surface area contributed by atoms with Gasteiger partial charge in [0.2, 0.25) is 5.91 Å². The summed E-state index contributed by atoms with van der Waals surface area (Å²) in [6.07, 6.45) is 2.81. The van der Waals surface area contributed by atoms with Crippen molar-refractivity contribution in [1.82, 2.24) is 0 Å². The van der Waals surface area contributed by atoms with Crippen LogP contribution in [0.2, 0.25) is 0 Å². The van der Waals surface area contributed by atoms with E-state index in [2.05, 4.69) is 12.2 Å². The van der Waals surface area contributed by atoms with Crippen LogP contribution in [0.15, 0.2) is 18.2 Å². The Labute approximate surface area is 135 Å². The van der Waals surface area contributed by atoms with Crippen molar-refractivity contribution in [3.63, 3.8) is 0 Å². The number of benzene rings is 1. The second-order valence-electron chi connectivity index (χ2n) is 6.12. The summed E-state index contributed by atoms with van der Waals surface area (Å²) in [4.78, 5) is 23.9. The number of likely N-dealkylation sites (tertiary alicyclic amines) is 1. The maximum absolute atomic E-state index is 12.1. The summed E-state index contributed by atoms with van der Waals surface area (Å²) < 4.78 is 5.14. The first kappa shape index (κ1) is 17.2. The topological polar surface area (TPSA) is 85.9 Å². The predicted octanol–water partition coefficient (Wildman–Crippen LogP) is 1.25. The van der Waals surface area contributed by atoms with E-state index in [4.69, 9.17) is 4.74 Å². The van der Waals surface area contributed by atoms with Gasteiger partial charge in [-0.2, -0.15) is 0 Å². The Morgan fingerprint density at radius 2 is 2.13 bits per heavy atom.